The molecule has 1 heterocycles. The summed E-state index contributed by atoms with van der Waals surface area (Å²) in [5.74, 6) is 1.79. The van der Waals surface area contributed by atoms with E-state index in [-0.39, 0.29) is 5.91 Å². The van der Waals surface area contributed by atoms with Crippen molar-refractivity contribution in [3.05, 3.63) is 53.1 Å². The van der Waals surface area contributed by atoms with Gasteiger partial charge in [0.1, 0.15) is 5.82 Å². The van der Waals surface area contributed by atoms with Gasteiger partial charge in [0, 0.05) is 35.5 Å². The van der Waals surface area contributed by atoms with Gasteiger partial charge in [-0.25, -0.2) is 9.97 Å². The highest BCUT2D eigenvalue weighted by molar-refractivity contribution is 6.31. The first kappa shape index (κ1) is 20.1. The molecule has 0 unspecified atom stereocenters. The third-order valence-electron chi connectivity index (χ3n) is 4.30. The maximum atomic E-state index is 11.8. The number of hydrogen-bond acceptors (Lipinski definition) is 4. The van der Waals surface area contributed by atoms with Crippen LogP contribution in [0.5, 0.6) is 0 Å². The lowest BCUT2D eigenvalue weighted by Crippen LogP contribution is -2.29. The Bertz CT molecular complexity index is 970. The highest BCUT2D eigenvalue weighted by Crippen LogP contribution is 2.27. The maximum Gasteiger partial charge on any atom is 0.220 e. The predicted octanol–water partition coefficient (Wildman–Crippen LogP) is 4.83. The minimum absolute atomic E-state index is 0.0662. The van der Waals surface area contributed by atoms with E-state index in [2.05, 4.69) is 15.6 Å². The molecule has 2 aromatic carbocycles. The molecule has 5 nitrogen and oxygen atoms in total. The van der Waals surface area contributed by atoms with E-state index in [0.717, 1.165) is 22.3 Å². The standard InChI is InChI=1S/C22H25ClN4O/c1-14(2)12-20(28)24-10-11-25-22-18-9-8-17(23)13-19(18)26-21(27-22)16-6-4-15(3)5-7-16/h4-9,13-14H,10-12H2,1-3H3,(H,24,28)(H,25,26,27). The third-order valence-corrected chi connectivity index (χ3v) is 4.54. The summed E-state index contributed by atoms with van der Waals surface area (Å²) < 4.78 is 0. The third kappa shape index (κ3) is 5.20. The van der Waals surface area contributed by atoms with Crippen molar-refractivity contribution in [2.24, 2.45) is 5.92 Å². The van der Waals surface area contributed by atoms with Crippen LogP contribution in [0.3, 0.4) is 0 Å². The highest BCUT2D eigenvalue weighted by atomic mass is 35.5. The van der Waals surface area contributed by atoms with Crippen LogP contribution in [0.2, 0.25) is 5.02 Å². The van der Waals surface area contributed by atoms with Crippen LogP contribution in [-0.2, 0) is 4.79 Å². The first-order valence-electron chi connectivity index (χ1n) is 9.47. The van der Waals surface area contributed by atoms with Crippen LogP contribution in [0.1, 0.15) is 25.8 Å². The second kappa shape index (κ2) is 9.02. The average Bonchev–Trinajstić information content (AvgIpc) is 2.64. The predicted molar refractivity (Wildman–Crippen MR) is 116 cm³/mol. The fourth-order valence-corrected chi connectivity index (χ4v) is 3.06. The van der Waals surface area contributed by atoms with Gasteiger partial charge >= 0.3 is 0 Å². The van der Waals surface area contributed by atoms with Crippen LogP contribution >= 0.6 is 11.6 Å². The molecule has 0 fully saturated rings. The zero-order valence-corrected chi connectivity index (χ0v) is 17.2. The largest absolute Gasteiger partial charge is 0.368 e. The number of hydrogen-bond donors (Lipinski definition) is 2. The SMILES string of the molecule is Cc1ccc(-c2nc(NCCNC(=O)CC(C)C)c3ccc(Cl)cc3n2)cc1. The summed E-state index contributed by atoms with van der Waals surface area (Å²) in [5, 5.41) is 7.79. The molecule has 3 rings (SSSR count). The van der Waals surface area contributed by atoms with Gasteiger partial charge in [0.05, 0.1) is 5.52 Å². The monoisotopic (exact) mass is 396 g/mol. The van der Waals surface area contributed by atoms with Crippen molar-refractivity contribution in [2.45, 2.75) is 27.2 Å². The molecule has 0 aliphatic heterocycles. The zero-order chi connectivity index (χ0) is 20.1. The maximum absolute atomic E-state index is 11.8. The summed E-state index contributed by atoms with van der Waals surface area (Å²) in [7, 11) is 0. The number of benzene rings is 2. The Morgan fingerprint density at radius 3 is 2.54 bits per heavy atom. The van der Waals surface area contributed by atoms with Crippen molar-refractivity contribution < 1.29 is 4.79 Å². The smallest absolute Gasteiger partial charge is 0.220 e. The fourth-order valence-electron chi connectivity index (χ4n) is 2.90. The fraction of sp³-hybridized carbons (Fsp3) is 0.318. The molecular weight excluding hydrogens is 372 g/mol. The number of amides is 1. The Morgan fingerprint density at radius 2 is 1.82 bits per heavy atom. The number of nitrogens with zero attached hydrogens (tertiary/aromatic N) is 2. The molecule has 2 N–H and O–H groups in total. The van der Waals surface area contributed by atoms with E-state index >= 15 is 0 Å². The van der Waals surface area contributed by atoms with E-state index in [1.165, 1.54) is 5.56 Å². The van der Waals surface area contributed by atoms with Gasteiger partial charge in [-0.2, -0.15) is 0 Å². The number of rotatable bonds is 7. The molecule has 0 atom stereocenters. The molecule has 0 aliphatic rings. The van der Waals surface area contributed by atoms with E-state index in [0.29, 0.717) is 36.3 Å². The summed E-state index contributed by atoms with van der Waals surface area (Å²) in [4.78, 5) is 21.2. The van der Waals surface area contributed by atoms with Crippen LogP contribution in [-0.4, -0.2) is 29.0 Å². The van der Waals surface area contributed by atoms with E-state index < -0.39 is 0 Å². The van der Waals surface area contributed by atoms with Gasteiger partial charge in [-0.1, -0.05) is 55.3 Å². The van der Waals surface area contributed by atoms with Crippen LogP contribution in [0.15, 0.2) is 42.5 Å². The Labute approximate surface area is 170 Å². The quantitative estimate of drug-likeness (QED) is 0.561. The number of aromatic nitrogens is 2. The molecule has 0 radical (unpaired) electrons. The molecule has 146 valence electrons. The van der Waals surface area contributed by atoms with Crippen molar-refractivity contribution in [3.8, 4) is 11.4 Å². The number of halogens is 1. The van der Waals surface area contributed by atoms with E-state index in [1.807, 2.05) is 63.2 Å². The van der Waals surface area contributed by atoms with Gasteiger partial charge in [0.2, 0.25) is 5.91 Å². The molecule has 0 bridgehead atoms. The van der Waals surface area contributed by atoms with Gasteiger partial charge < -0.3 is 10.6 Å². The normalized spacial score (nSPS) is 11.0. The molecule has 3 aromatic rings. The van der Waals surface area contributed by atoms with Crippen molar-refractivity contribution in [2.75, 3.05) is 18.4 Å². The van der Waals surface area contributed by atoms with E-state index in [4.69, 9.17) is 16.6 Å². The Hall–Kier alpha value is -2.66. The van der Waals surface area contributed by atoms with Crippen LogP contribution < -0.4 is 10.6 Å². The summed E-state index contributed by atoms with van der Waals surface area (Å²) in [5.41, 5.74) is 2.91. The second-order valence-electron chi connectivity index (χ2n) is 7.30. The molecule has 0 aliphatic carbocycles. The van der Waals surface area contributed by atoms with Crippen molar-refractivity contribution >= 4 is 34.2 Å². The molecule has 0 spiro atoms. The van der Waals surface area contributed by atoms with Crippen LogP contribution in [0, 0.1) is 12.8 Å². The lowest BCUT2D eigenvalue weighted by molar-refractivity contribution is -0.121. The summed E-state index contributed by atoms with van der Waals surface area (Å²) in [6, 6.07) is 13.7. The summed E-state index contributed by atoms with van der Waals surface area (Å²) in [6.45, 7) is 7.22. The molecule has 0 saturated heterocycles. The van der Waals surface area contributed by atoms with Crippen molar-refractivity contribution in [3.63, 3.8) is 0 Å². The molecule has 0 saturated carbocycles. The van der Waals surface area contributed by atoms with Crippen molar-refractivity contribution in [1.29, 1.82) is 0 Å². The van der Waals surface area contributed by atoms with Crippen molar-refractivity contribution in [1.82, 2.24) is 15.3 Å². The Kier molecular flexibility index (Phi) is 6.47. The molecule has 6 heteroatoms. The lowest BCUT2D eigenvalue weighted by atomic mass is 10.1. The minimum Gasteiger partial charge on any atom is -0.368 e. The average molecular weight is 397 g/mol. The van der Waals surface area contributed by atoms with E-state index in [9.17, 15) is 4.79 Å². The number of carbonyl (C=O) groups is 1. The summed E-state index contributed by atoms with van der Waals surface area (Å²) >= 11 is 6.16. The zero-order valence-electron chi connectivity index (χ0n) is 16.4. The number of nitrogens with one attached hydrogen (secondary N) is 2. The first-order chi connectivity index (χ1) is 13.4. The Balaban J connectivity index is 1.81. The van der Waals surface area contributed by atoms with Crippen LogP contribution in [0.25, 0.3) is 22.3 Å². The van der Waals surface area contributed by atoms with Gasteiger partial charge in [0.15, 0.2) is 5.82 Å². The number of fused-ring (bicyclic) bond motifs is 1. The van der Waals surface area contributed by atoms with Gasteiger partial charge in [-0.15, -0.1) is 0 Å². The second-order valence-corrected chi connectivity index (χ2v) is 7.73. The van der Waals surface area contributed by atoms with E-state index in [1.54, 1.807) is 0 Å². The number of aryl methyl sites for hydroxylation is 1. The van der Waals surface area contributed by atoms with Gasteiger partial charge in [-0.05, 0) is 31.0 Å². The first-order valence-corrected chi connectivity index (χ1v) is 9.85. The number of carbonyl (C=O) groups excluding carboxylic acids is 1. The lowest BCUT2D eigenvalue weighted by Gasteiger charge is -2.12. The minimum atomic E-state index is 0.0662. The Morgan fingerprint density at radius 1 is 1.07 bits per heavy atom. The molecular formula is C22H25ClN4O. The van der Waals surface area contributed by atoms with Gasteiger partial charge in [-0.3, -0.25) is 4.79 Å². The molecule has 28 heavy (non-hydrogen) atoms. The van der Waals surface area contributed by atoms with Crippen LogP contribution in [0.4, 0.5) is 5.82 Å². The topological polar surface area (TPSA) is 66.9 Å². The van der Waals surface area contributed by atoms with Gasteiger partial charge in [0.25, 0.3) is 0 Å². The highest BCUT2D eigenvalue weighted by Gasteiger charge is 2.10. The molecule has 1 aromatic heterocycles. The molecule has 1 amide bonds. The number of anilines is 1. The summed E-state index contributed by atoms with van der Waals surface area (Å²) in [6.07, 6.45) is 0.534.